The van der Waals surface area contributed by atoms with Crippen LogP contribution in [-0.4, -0.2) is 58.1 Å². The summed E-state index contributed by atoms with van der Waals surface area (Å²) in [4.78, 5) is 20.8. The molecule has 4 N–H and O–H groups in total. The van der Waals surface area contributed by atoms with Crippen molar-refractivity contribution in [1.29, 1.82) is 0 Å². The van der Waals surface area contributed by atoms with E-state index in [9.17, 15) is 4.79 Å². The Labute approximate surface area is 218 Å². The third kappa shape index (κ3) is 4.72. The van der Waals surface area contributed by atoms with Gasteiger partial charge in [0.05, 0.1) is 21.8 Å². The molecule has 0 bridgehead atoms. The van der Waals surface area contributed by atoms with Gasteiger partial charge in [-0.3, -0.25) is 14.3 Å². The van der Waals surface area contributed by atoms with Crippen LogP contribution in [0.3, 0.4) is 0 Å². The topological polar surface area (TPSA) is 88.2 Å². The zero-order chi connectivity index (χ0) is 25.3. The van der Waals surface area contributed by atoms with E-state index in [0.29, 0.717) is 40.6 Å². The van der Waals surface area contributed by atoms with Crippen molar-refractivity contribution in [3.05, 3.63) is 53.3 Å². The minimum absolute atomic E-state index is 0.00325. The Balaban J connectivity index is 1.44. The lowest BCUT2D eigenvalue weighted by Gasteiger charge is -2.50. The van der Waals surface area contributed by atoms with E-state index in [2.05, 4.69) is 34.4 Å². The number of piperazine rings is 1. The van der Waals surface area contributed by atoms with E-state index in [1.807, 2.05) is 35.0 Å². The molecule has 36 heavy (non-hydrogen) atoms. The highest BCUT2D eigenvalue weighted by molar-refractivity contribution is 6.37. The Bertz CT molecular complexity index is 1230. The molecular formula is C28H37ClN6O. The van der Waals surface area contributed by atoms with Crippen LogP contribution in [0.1, 0.15) is 56.3 Å². The van der Waals surface area contributed by atoms with Crippen molar-refractivity contribution in [1.82, 2.24) is 25.1 Å². The van der Waals surface area contributed by atoms with Crippen LogP contribution in [0.5, 0.6) is 0 Å². The Morgan fingerprint density at radius 3 is 2.81 bits per heavy atom. The number of rotatable bonds is 6. The molecule has 2 aliphatic rings. The molecule has 3 aromatic rings. The molecule has 1 aliphatic carbocycles. The molecule has 2 fully saturated rings. The number of nitrogens with zero attached hydrogens (tertiary/aromatic N) is 3. The summed E-state index contributed by atoms with van der Waals surface area (Å²) in [5.74, 6) is 1.06. The second kappa shape index (κ2) is 10.4. The number of halogens is 1. The molecule has 1 saturated carbocycles. The quantitative estimate of drug-likeness (QED) is 0.452. The maximum Gasteiger partial charge on any atom is 0.253 e. The third-order valence-electron chi connectivity index (χ3n) is 8.11. The number of nitrogens with two attached hydrogens (primary N) is 1. The number of benzene rings is 1. The predicted molar refractivity (Wildman–Crippen MR) is 147 cm³/mol. The van der Waals surface area contributed by atoms with Crippen molar-refractivity contribution in [3.63, 3.8) is 0 Å². The molecule has 3 heterocycles. The maximum atomic E-state index is 13.7. The van der Waals surface area contributed by atoms with Gasteiger partial charge in [0.15, 0.2) is 5.82 Å². The number of nitrogens with one attached hydrogen (secondary N) is 2. The van der Waals surface area contributed by atoms with Gasteiger partial charge < -0.3 is 16.4 Å². The molecule has 1 aliphatic heterocycles. The number of pyridine rings is 1. The molecule has 192 valence electrons. The average molecular weight is 509 g/mol. The lowest BCUT2D eigenvalue weighted by atomic mass is 9.79. The van der Waals surface area contributed by atoms with Gasteiger partial charge in [-0.1, -0.05) is 50.8 Å². The van der Waals surface area contributed by atoms with Gasteiger partial charge in [-0.2, -0.15) is 0 Å². The largest absolute Gasteiger partial charge is 0.396 e. The number of anilines is 1. The van der Waals surface area contributed by atoms with Crippen LogP contribution in [0.15, 0.2) is 42.7 Å². The van der Waals surface area contributed by atoms with Gasteiger partial charge >= 0.3 is 0 Å². The third-order valence-corrected chi connectivity index (χ3v) is 8.43. The van der Waals surface area contributed by atoms with Crippen molar-refractivity contribution < 1.29 is 4.79 Å². The maximum absolute atomic E-state index is 13.7. The Morgan fingerprint density at radius 1 is 1.25 bits per heavy atom. The first-order chi connectivity index (χ1) is 17.4. The zero-order valence-electron chi connectivity index (χ0n) is 21.3. The number of aromatic nitrogens is 2. The van der Waals surface area contributed by atoms with Gasteiger partial charge in [-0.05, 0) is 43.0 Å². The molecule has 8 heteroatoms. The molecule has 1 saturated heterocycles. The minimum Gasteiger partial charge on any atom is -0.396 e. The summed E-state index contributed by atoms with van der Waals surface area (Å²) in [6, 6.07) is 9.74. The number of fused-ring (bicyclic) bond motifs is 1. The number of amides is 1. The molecule has 7 nitrogen and oxygen atoms in total. The number of hydrogen-bond acceptors (Lipinski definition) is 5. The van der Waals surface area contributed by atoms with Gasteiger partial charge in [0.1, 0.15) is 0 Å². The van der Waals surface area contributed by atoms with Crippen LogP contribution in [0.2, 0.25) is 5.02 Å². The lowest BCUT2D eigenvalue weighted by Crippen LogP contribution is -2.64. The van der Waals surface area contributed by atoms with Crippen LogP contribution in [0.4, 0.5) is 5.69 Å². The number of carbonyl (C=O) groups excluding carboxylic acids is 1. The predicted octanol–water partition coefficient (Wildman–Crippen LogP) is 4.62. The molecule has 1 aromatic carbocycles. The zero-order valence-corrected chi connectivity index (χ0v) is 22.0. The van der Waals surface area contributed by atoms with Gasteiger partial charge in [-0.15, -0.1) is 0 Å². The van der Waals surface area contributed by atoms with E-state index in [-0.39, 0.29) is 11.4 Å². The first-order valence-electron chi connectivity index (χ1n) is 13.2. The first-order valence-corrected chi connectivity index (χ1v) is 13.5. The molecule has 5 rings (SSSR count). The fraction of sp³-hybridized carbons (Fsp3) is 0.500. The van der Waals surface area contributed by atoms with Gasteiger partial charge in [0.25, 0.3) is 5.91 Å². The normalized spacial score (nSPS) is 20.6. The average Bonchev–Trinajstić information content (AvgIpc) is 3.29. The van der Waals surface area contributed by atoms with Gasteiger partial charge in [0.2, 0.25) is 0 Å². The summed E-state index contributed by atoms with van der Waals surface area (Å²) < 4.78 is 1.87. The van der Waals surface area contributed by atoms with Crippen LogP contribution in [-0.2, 0) is 0 Å². The number of hydrogen-bond donors (Lipinski definition) is 3. The fourth-order valence-electron chi connectivity index (χ4n) is 6.01. The minimum atomic E-state index is -0.109. The smallest absolute Gasteiger partial charge is 0.253 e. The Morgan fingerprint density at radius 2 is 2.06 bits per heavy atom. The summed E-state index contributed by atoms with van der Waals surface area (Å²) in [5.41, 5.74) is 8.13. The Hall–Kier alpha value is -2.61. The number of carbonyl (C=O) groups is 1. The summed E-state index contributed by atoms with van der Waals surface area (Å²) in [6.45, 7) is 8.24. The van der Waals surface area contributed by atoms with Crippen molar-refractivity contribution in [2.45, 2.75) is 57.5 Å². The first kappa shape index (κ1) is 25.1. The fourth-order valence-corrected chi connectivity index (χ4v) is 6.28. The molecule has 0 spiro atoms. The van der Waals surface area contributed by atoms with Crippen LogP contribution < -0.4 is 16.4 Å². The standard InChI is InChI=1S/C28H37ClN6O/c1-19(2)23-17-34(15-14-31-23)28(11-4-3-5-12-28)18-33-27(36)20-16-35(26-22(30)9-7-13-32-26)24-10-6-8-21(29)25(20)24/h6-10,13,16,19,23,31H,3-5,11-12,14-15,17-18,30H2,1-2H3,(H,33,36)/t23-/m0/s1. The molecular weight excluding hydrogens is 472 g/mol. The summed E-state index contributed by atoms with van der Waals surface area (Å²) in [7, 11) is 0. The molecule has 0 unspecified atom stereocenters. The van der Waals surface area contributed by atoms with Crippen LogP contribution in [0, 0.1) is 5.92 Å². The van der Waals surface area contributed by atoms with Gasteiger partial charge in [-0.25, -0.2) is 4.98 Å². The van der Waals surface area contributed by atoms with Crippen LogP contribution in [0.25, 0.3) is 16.7 Å². The van der Waals surface area contributed by atoms with Gasteiger partial charge in [0, 0.05) is 55.5 Å². The van der Waals surface area contributed by atoms with Crippen molar-refractivity contribution in [3.8, 4) is 5.82 Å². The number of nitrogen functional groups attached to an aromatic ring is 1. The van der Waals surface area contributed by atoms with Crippen molar-refractivity contribution in [2.24, 2.45) is 5.92 Å². The highest BCUT2D eigenvalue weighted by atomic mass is 35.5. The second-order valence-electron chi connectivity index (χ2n) is 10.7. The lowest BCUT2D eigenvalue weighted by molar-refractivity contribution is 0.0190. The van der Waals surface area contributed by atoms with E-state index in [1.54, 1.807) is 12.3 Å². The molecule has 2 aromatic heterocycles. The van der Waals surface area contributed by atoms with E-state index in [0.717, 1.165) is 43.4 Å². The van der Waals surface area contributed by atoms with E-state index in [1.165, 1.54) is 19.3 Å². The molecule has 1 atom stereocenters. The SMILES string of the molecule is CC(C)[C@@H]1CN(C2(CNC(=O)c3cn(-c4ncccc4N)c4cccc(Cl)c34)CCCCC2)CCN1. The van der Waals surface area contributed by atoms with Crippen molar-refractivity contribution >= 4 is 34.1 Å². The van der Waals surface area contributed by atoms with Crippen molar-refractivity contribution in [2.75, 3.05) is 31.9 Å². The summed E-state index contributed by atoms with van der Waals surface area (Å²) in [6.07, 6.45) is 9.43. The highest BCUT2D eigenvalue weighted by Gasteiger charge is 2.40. The Kier molecular flexibility index (Phi) is 7.24. The molecule has 0 radical (unpaired) electrons. The molecule has 1 amide bonds. The second-order valence-corrected chi connectivity index (χ2v) is 11.1. The summed E-state index contributed by atoms with van der Waals surface area (Å²) >= 11 is 6.63. The monoisotopic (exact) mass is 508 g/mol. The van der Waals surface area contributed by atoms with E-state index in [4.69, 9.17) is 17.3 Å². The summed E-state index contributed by atoms with van der Waals surface area (Å²) in [5, 5.41) is 8.27. The highest BCUT2D eigenvalue weighted by Crippen LogP contribution is 2.35. The van der Waals surface area contributed by atoms with E-state index < -0.39 is 0 Å². The van der Waals surface area contributed by atoms with E-state index >= 15 is 0 Å². The van der Waals surface area contributed by atoms with Crippen LogP contribution >= 0.6 is 11.6 Å².